The van der Waals surface area contributed by atoms with Gasteiger partial charge in [0.25, 0.3) is 0 Å². The first-order chi connectivity index (χ1) is 8.52. The van der Waals surface area contributed by atoms with Gasteiger partial charge < -0.3 is 4.74 Å². The van der Waals surface area contributed by atoms with Gasteiger partial charge in [-0.2, -0.15) is 0 Å². The Labute approximate surface area is 108 Å². The smallest absolute Gasteiger partial charge is 0.357 e. The number of nitrogens with zero attached hydrogens (tertiary/aromatic N) is 1. The fourth-order valence-corrected chi connectivity index (χ4v) is 2.52. The highest BCUT2D eigenvalue weighted by Crippen LogP contribution is 2.30. The van der Waals surface area contributed by atoms with E-state index in [0.717, 1.165) is 10.4 Å². The van der Waals surface area contributed by atoms with Crippen molar-refractivity contribution in [3.05, 3.63) is 40.2 Å². The minimum absolute atomic E-state index is 0.249. The molecule has 0 aliphatic heterocycles. The summed E-state index contributed by atoms with van der Waals surface area (Å²) in [6.45, 7) is 3.64. The van der Waals surface area contributed by atoms with E-state index in [1.807, 2.05) is 6.92 Å². The molecule has 1 aromatic heterocycles. The first-order valence-electron chi connectivity index (χ1n) is 5.35. The molecule has 94 valence electrons. The van der Waals surface area contributed by atoms with Crippen molar-refractivity contribution in [1.82, 2.24) is 4.98 Å². The van der Waals surface area contributed by atoms with Crippen LogP contribution in [0.3, 0.4) is 0 Å². The number of hydrogen-bond donors (Lipinski definition) is 0. The van der Waals surface area contributed by atoms with E-state index < -0.39 is 5.97 Å². The summed E-state index contributed by atoms with van der Waals surface area (Å²) >= 11 is 1.28. The van der Waals surface area contributed by atoms with E-state index in [-0.39, 0.29) is 11.5 Å². The lowest BCUT2D eigenvalue weighted by molar-refractivity contribution is 0.0594. The molecule has 0 unspecified atom stereocenters. The van der Waals surface area contributed by atoms with Crippen LogP contribution < -0.4 is 0 Å². The fourth-order valence-electron chi connectivity index (χ4n) is 1.60. The number of hydrogen-bond acceptors (Lipinski definition) is 4. The summed E-state index contributed by atoms with van der Waals surface area (Å²) in [4.78, 5) is 16.3. The highest BCUT2D eigenvalue weighted by molar-refractivity contribution is 7.15. The highest BCUT2D eigenvalue weighted by Gasteiger charge is 2.18. The normalized spacial score (nSPS) is 10.4. The molecule has 2 aromatic rings. The second kappa shape index (κ2) is 4.86. The van der Waals surface area contributed by atoms with Gasteiger partial charge in [0.2, 0.25) is 0 Å². The quantitative estimate of drug-likeness (QED) is 0.782. The fraction of sp³-hybridized carbons (Fsp3) is 0.231. The van der Waals surface area contributed by atoms with Crippen molar-refractivity contribution in [2.45, 2.75) is 13.8 Å². The van der Waals surface area contributed by atoms with Crippen molar-refractivity contribution in [3.63, 3.8) is 0 Å². The minimum Gasteiger partial charge on any atom is -0.464 e. The maximum absolute atomic E-state index is 13.7. The third-order valence-electron chi connectivity index (χ3n) is 2.53. The van der Waals surface area contributed by atoms with Crippen molar-refractivity contribution >= 4 is 17.3 Å². The van der Waals surface area contributed by atoms with Gasteiger partial charge in [-0.1, -0.05) is 11.6 Å². The number of carbonyl (C=O) groups is 1. The number of halogens is 1. The lowest BCUT2D eigenvalue weighted by Crippen LogP contribution is -2.03. The number of thiazole rings is 1. The van der Waals surface area contributed by atoms with Crippen molar-refractivity contribution in [2.75, 3.05) is 7.11 Å². The zero-order valence-corrected chi connectivity index (χ0v) is 11.1. The van der Waals surface area contributed by atoms with Crippen LogP contribution in [0.15, 0.2) is 18.2 Å². The number of methoxy groups -OCH3 is 1. The summed E-state index contributed by atoms with van der Waals surface area (Å²) in [5, 5.41) is 0.495. The molecule has 0 bridgehead atoms. The number of aromatic nitrogens is 1. The lowest BCUT2D eigenvalue weighted by atomic mass is 10.1. The third kappa shape index (κ3) is 2.26. The minimum atomic E-state index is -0.497. The number of benzene rings is 1. The summed E-state index contributed by atoms with van der Waals surface area (Å²) in [6.07, 6.45) is 0. The monoisotopic (exact) mass is 265 g/mol. The number of carbonyl (C=O) groups excluding carboxylic acids is 1. The Balaban J connectivity index is 2.52. The Morgan fingerprint density at radius 2 is 2.11 bits per heavy atom. The molecule has 0 saturated heterocycles. The van der Waals surface area contributed by atoms with Gasteiger partial charge in [-0.05, 0) is 26.0 Å². The van der Waals surface area contributed by atoms with Gasteiger partial charge in [-0.25, -0.2) is 14.2 Å². The first kappa shape index (κ1) is 12.7. The molecule has 0 saturated carbocycles. The van der Waals surface area contributed by atoms with Gasteiger partial charge in [0, 0.05) is 10.4 Å². The van der Waals surface area contributed by atoms with E-state index in [9.17, 15) is 9.18 Å². The molecular formula is C13H12FNO2S. The van der Waals surface area contributed by atoms with E-state index in [1.54, 1.807) is 19.1 Å². The molecular weight excluding hydrogens is 253 g/mol. The molecule has 3 nitrogen and oxygen atoms in total. The summed E-state index contributed by atoms with van der Waals surface area (Å²) < 4.78 is 18.4. The van der Waals surface area contributed by atoms with Crippen molar-refractivity contribution in [2.24, 2.45) is 0 Å². The van der Waals surface area contributed by atoms with Crippen LogP contribution in [0.25, 0.3) is 10.6 Å². The standard InChI is InChI=1S/C13H12FNO2S/c1-7-4-5-10(14)9(6-7)12-15-11(8(2)18-12)13(16)17-3/h4-6H,1-3H3. The average molecular weight is 265 g/mol. The number of esters is 1. The number of rotatable bonds is 2. The van der Waals surface area contributed by atoms with E-state index in [1.165, 1.54) is 24.5 Å². The van der Waals surface area contributed by atoms with E-state index in [0.29, 0.717) is 10.6 Å². The molecule has 1 aromatic carbocycles. The zero-order valence-electron chi connectivity index (χ0n) is 10.3. The highest BCUT2D eigenvalue weighted by atomic mass is 32.1. The van der Waals surface area contributed by atoms with E-state index in [2.05, 4.69) is 9.72 Å². The summed E-state index contributed by atoms with van der Waals surface area (Å²) in [7, 11) is 1.30. The Kier molecular flexibility index (Phi) is 3.43. The SMILES string of the molecule is COC(=O)c1nc(-c2cc(C)ccc2F)sc1C. The molecule has 1 heterocycles. The van der Waals surface area contributed by atoms with Gasteiger partial charge in [-0.3, -0.25) is 0 Å². The van der Waals surface area contributed by atoms with Crippen molar-refractivity contribution in [1.29, 1.82) is 0 Å². The van der Waals surface area contributed by atoms with Crippen molar-refractivity contribution < 1.29 is 13.9 Å². The molecule has 0 radical (unpaired) electrons. The summed E-state index contributed by atoms with van der Waals surface area (Å²) in [5.41, 5.74) is 1.61. The largest absolute Gasteiger partial charge is 0.464 e. The number of ether oxygens (including phenoxy) is 1. The molecule has 0 aliphatic rings. The van der Waals surface area contributed by atoms with Crippen LogP contribution in [-0.2, 0) is 4.74 Å². The Morgan fingerprint density at radius 3 is 2.78 bits per heavy atom. The molecule has 0 atom stereocenters. The predicted octanol–water partition coefficient (Wildman–Crippen LogP) is 3.35. The van der Waals surface area contributed by atoms with Gasteiger partial charge in [0.1, 0.15) is 10.8 Å². The summed E-state index contributed by atoms with van der Waals surface area (Å²) in [5.74, 6) is -0.839. The zero-order chi connectivity index (χ0) is 13.3. The third-order valence-corrected chi connectivity index (χ3v) is 3.53. The van der Waals surface area contributed by atoms with Gasteiger partial charge in [0.15, 0.2) is 5.69 Å². The van der Waals surface area contributed by atoms with Crippen LogP contribution in [0.4, 0.5) is 4.39 Å². The van der Waals surface area contributed by atoms with E-state index >= 15 is 0 Å². The van der Waals surface area contributed by atoms with Crippen LogP contribution in [0.2, 0.25) is 0 Å². The van der Waals surface area contributed by atoms with Crippen LogP contribution in [0.1, 0.15) is 20.9 Å². The van der Waals surface area contributed by atoms with E-state index in [4.69, 9.17) is 0 Å². The molecule has 0 aliphatic carbocycles. The second-order valence-corrected chi connectivity index (χ2v) is 5.10. The first-order valence-corrected chi connectivity index (χ1v) is 6.17. The maximum atomic E-state index is 13.7. The van der Waals surface area contributed by atoms with Crippen LogP contribution >= 0.6 is 11.3 Å². The maximum Gasteiger partial charge on any atom is 0.357 e. The number of aryl methyl sites for hydroxylation is 2. The van der Waals surface area contributed by atoms with Crippen molar-refractivity contribution in [3.8, 4) is 10.6 Å². The Hall–Kier alpha value is -1.75. The van der Waals surface area contributed by atoms with Crippen LogP contribution in [0, 0.1) is 19.7 Å². The van der Waals surface area contributed by atoms with Crippen LogP contribution in [0.5, 0.6) is 0 Å². The molecule has 2 rings (SSSR count). The molecule has 18 heavy (non-hydrogen) atoms. The molecule has 0 N–H and O–H groups in total. The topological polar surface area (TPSA) is 39.2 Å². The molecule has 5 heteroatoms. The Morgan fingerprint density at radius 1 is 1.39 bits per heavy atom. The second-order valence-electron chi connectivity index (χ2n) is 3.90. The molecule has 0 fully saturated rings. The average Bonchev–Trinajstić information content (AvgIpc) is 2.73. The Bertz CT molecular complexity index is 607. The summed E-state index contributed by atoms with van der Waals surface area (Å²) in [6, 6.07) is 4.81. The predicted molar refractivity (Wildman–Crippen MR) is 68.3 cm³/mol. The van der Waals surface area contributed by atoms with Gasteiger partial charge in [0.05, 0.1) is 7.11 Å². The molecule has 0 amide bonds. The van der Waals surface area contributed by atoms with Gasteiger partial charge >= 0.3 is 5.97 Å². The van der Waals surface area contributed by atoms with Crippen LogP contribution in [-0.4, -0.2) is 18.1 Å². The molecule has 0 spiro atoms. The van der Waals surface area contributed by atoms with Gasteiger partial charge in [-0.15, -0.1) is 11.3 Å². The lowest BCUT2D eigenvalue weighted by Gasteiger charge is -2.00.